The minimum absolute atomic E-state index is 0.0405. The Morgan fingerprint density at radius 1 is 1.24 bits per heavy atom. The zero-order valence-electron chi connectivity index (χ0n) is 13.4. The van der Waals surface area contributed by atoms with Crippen molar-refractivity contribution in [2.75, 3.05) is 5.33 Å². The van der Waals surface area contributed by atoms with Crippen LogP contribution >= 0.6 is 15.9 Å². The van der Waals surface area contributed by atoms with E-state index in [0.29, 0.717) is 28.7 Å². The molecule has 1 aromatic rings. The van der Waals surface area contributed by atoms with Crippen LogP contribution in [0, 0.1) is 22.7 Å². The normalized spacial score (nSPS) is 17.8. The van der Waals surface area contributed by atoms with Gasteiger partial charge in [0.2, 0.25) is 0 Å². The molecule has 0 saturated carbocycles. The van der Waals surface area contributed by atoms with E-state index in [4.69, 9.17) is 5.26 Å². The van der Waals surface area contributed by atoms with E-state index in [1.54, 1.807) is 6.92 Å². The average molecular weight is 410 g/mol. The van der Waals surface area contributed by atoms with Crippen LogP contribution in [-0.2, 0) is 6.18 Å². The highest BCUT2D eigenvalue weighted by Gasteiger charge is 2.38. The lowest BCUT2D eigenvalue weighted by Crippen LogP contribution is -2.27. The standard InChI is InChI=1S/C18H15BrF3N3/c1-11-14(10-24)17(13(6-4-8-23)16(9-19)25-11)12-5-2-3-7-15(12)18(20,21)22/h2-3,5,7,17,25H,4,6,9H2,1H3. The largest absolute Gasteiger partial charge is 0.416 e. The van der Waals surface area contributed by atoms with E-state index in [-0.39, 0.29) is 17.6 Å². The number of nitriles is 2. The van der Waals surface area contributed by atoms with Gasteiger partial charge >= 0.3 is 6.18 Å². The highest BCUT2D eigenvalue weighted by atomic mass is 79.9. The molecule has 1 aliphatic rings. The molecule has 3 nitrogen and oxygen atoms in total. The van der Waals surface area contributed by atoms with Gasteiger partial charge in [-0.25, -0.2) is 0 Å². The third-order valence-corrected chi connectivity index (χ3v) is 4.67. The fourth-order valence-corrected chi connectivity index (χ4v) is 3.54. The van der Waals surface area contributed by atoms with Crippen LogP contribution in [0.1, 0.15) is 36.8 Å². The molecule has 0 saturated heterocycles. The topological polar surface area (TPSA) is 59.6 Å². The van der Waals surface area contributed by atoms with Gasteiger partial charge in [-0.05, 0) is 30.5 Å². The molecule has 0 aliphatic carbocycles. The van der Waals surface area contributed by atoms with Gasteiger partial charge in [0.15, 0.2) is 0 Å². The number of halogens is 4. The maximum absolute atomic E-state index is 13.5. The van der Waals surface area contributed by atoms with E-state index in [1.165, 1.54) is 18.2 Å². The Morgan fingerprint density at radius 3 is 2.48 bits per heavy atom. The van der Waals surface area contributed by atoms with Gasteiger partial charge in [-0.1, -0.05) is 34.1 Å². The smallest absolute Gasteiger partial charge is 0.361 e. The highest BCUT2D eigenvalue weighted by molar-refractivity contribution is 9.09. The maximum Gasteiger partial charge on any atom is 0.416 e. The minimum atomic E-state index is -4.52. The summed E-state index contributed by atoms with van der Waals surface area (Å²) in [5.41, 5.74) is 1.39. The highest BCUT2D eigenvalue weighted by Crippen LogP contribution is 2.44. The quantitative estimate of drug-likeness (QED) is 0.700. The summed E-state index contributed by atoms with van der Waals surface area (Å²) in [5, 5.41) is 22.0. The summed E-state index contributed by atoms with van der Waals surface area (Å²) < 4.78 is 40.5. The fourth-order valence-electron chi connectivity index (χ4n) is 3.04. The summed E-state index contributed by atoms with van der Waals surface area (Å²) in [4.78, 5) is 0. The van der Waals surface area contributed by atoms with Gasteiger partial charge in [0, 0.05) is 29.1 Å². The lowest BCUT2D eigenvalue weighted by Gasteiger charge is -2.31. The second-order valence-corrected chi connectivity index (χ2v) is 6.15. The van der Waals surface area contributed by atoms with Crippen molar-refractivity contribution in [2.24, 2.45) is 0 Å². The first-order valence-electron chi connectivity index (χ1n) is 7.54. The Hall–Kier alpha value is -2.25. The van der Waals surface area contributed by atoms with Crippen molar-refractivity contribution in [1.82, 2.24) is 5.32 Å². The molecule has 25 heavy (non-hydrogen) atoms. The van der Waals surface area contributed by atoms with Crippen LogP contribution in [0.4, 0.5) is 13.2 Å². The summed E-state index contributed by atoms with van der Waals surface area (Å²) in [5.74, 6) is -0.815. The predicted molar refractivity (Wildman–Crippen MR) is 91.3 cm³/mol. The first-order valence-corrected chi connectivity index (χ1v) is 8.66. The third kappa shape index (κ3) is 3.88. The monoisotopic (exact) mass is 409 g/mol. The van der Waals surface area contributed by atoms with Crippen LogP contribution in [0.2, 0.25) is 0 Å². The number of benzene rings is 1. The van der Waals surface area contributed by atoms with Crippen LogP contribution in [-0.4, -0.2) is 5.33 Å². The minimum Gasteiger partial charge on any atom is -0.361 e. The van der Waals surface area contributed by atoms with Crippen LogP contribution in [0.5, 0.6) is 0 Å². The molecule has 1 aliphatic heterocycles. The molecule has 0 radical (unpaired) electrons. The number of hydrogen-bond donors (Lipinski definition) is 1. The fraction of sp³-hybridized carbons (Fsp3) is 0.333. The number of hydrogen-bond acceptors (Lipinski definition) is 3. The molecule has 1 unspecified atom stereocenters. The zero-order chi connectivity index (χ0) is 18.6. The Morgan fingerprint density at radius 2 is 1.92 bits per heavy atom. The maximum atomic E-state index is 13.5. The van der Waals surface area contributed by atoms with Crippen LogP contribution in [0.25, 0.3) is 0 Å². The van der Waals surface area contributed by atoms with Crippen molar-refractivity contribution < 1.29 is 13.2 Å². The molecule has 0 bridgehead atoms. The summed E-state index contributed by atoms with van der Waals surface area (Å²) >= 11 is 3.34. The Labute approximate surface area is 152 Å². The van der Waals surface area contributed by atoms with Gasteiger partial charge < -0.3 is 5.32 Å². The molecule has 130 valence electrons. The van der Waals surface area contributed by atoms with Gasteiger partial charge in [-0.15, -0.1) is 0 Å². The molecule has 0 spiro atoms. The number of nitrogens with zero attached hydrogens (tertiary/aromatic N) is 2. The number of alkyl halides is 4. The van der Waals surface area contributed by atoms with Gasteiger partial charge in [-0.3, -0.25) is 0 Å². The van der Waals surface area contributed by atoms with Crippen molar-refractivity contribution >= 4 is 15.9 Å². The number of allylic oxidation sites excluding steroid dienone is 4. The Kier molecular flexibility index (Phi) is 5.92. The van der Waals surface area contributed by atoms with Gasteiger partial charge in [-0.2, -0.15) is 23.7 Å². The average Bonchev–Trinajstić information content (AvgIpc) is 2.58. The molecule has 0 fully saturated rings. The van der Waals surface area contributed by atoms with E-state index < -0.39 is 17.7 Å². The molecule has 0 aromatic heterocycles. The summed E-state index contributed by atoms with van der Waals surface area (Å²) in [6.45, 7) is 1.67. The van der Waals surface area contributed by atoms with E-state index in [0.717, 1.165) is 6.07 Å². The molecule has 7 heteroatoms. The molecular weight excluding hydrogens is 395 g/mol. The van der Waals surface area contributed by atoms with Crippen LogP contribution in [0.3, 0.4) is 0 Å². The van der Waals surface area contributed by atoms with Gasteiger partial charge in [0.1, 0.15) is 0 Å². The van der Waals surface area contributed by atoms with Crippen molar-refractivity contribution in [1.29, 1.82) is 10.5 Å². The van der Waals surface area contributed by atoms with Gasteiger partial charge in [0.25, 0.3) is 0 Å². The van der Waals surface area contributed by atoms with Crippen molar-refractivity contribution in [3.63, 3.8) is 0 Å². The number of rotatable bonds is 4. The second kappa shape index (κ2) is 7.76. The molecule has 0 amide bonds. The van der Waals surface area contributed by atoms with Crippen LogP contribution < -0.4 is 5.32 Å². The van der Waals surface area contributed by atoms with Crippen molar-refractivity contribution in [3.8, 4) is 12.1 Å². The lowest BCUT2D eigenvalue weighted by atomic mass is 9.77. The van der Waals surface area contributed by atoms with E-state index >= 15 is 0 Å². The van der Waals surface area contributed by atoms with E-state index in [9.17, 15) is 18.4 Å². The SMILES string of the molecule is CC1=C(C#N)C(c2ccccc2C(F)(F)F)C(CCC#N)=C(CBr)N1. The third-order valence-electron chi connectivity index (χ3n) is 4.10. The summed E-state index contributed by atoms with van der Waals surface area (Å²) in [6, 6.07) is 9.37. The first kappa shape index (κ1) is 19.1. The van der Waals surface area contributed by atoms with Gasteiger partial charge in [0.05, 0.1) is 23.3 Å². The first-order chi connectivity index (χ1) is 11.8. The molecule has 2 rings (SSSR count). The molecule has 1 N–H and O–H groups in total. The van der Waals surface area contributed by atoms with Crippen molar-refractivity contribution in [2.45, 2.75) is 31.9 Å². The van der Waals surface area contributed by atoms with Crippen LogP contribution in [0.15, 0.2) is 46.8 Å². The zero-order valence-corrected chi connectivity index (χ0v) is 15.0. The summed E-state index contributed by atoms with van der Waals surface area (Å²) in [6.07, 6.45) is -4.07. The predicted octanol–water partition coefficient (Wildman–Crippen LogP) is 5.14. The summed E-state index contributed by atoms with van der Waals surface area (Å²) in [7, 11) is 0. The molecule has 1 heterocycles. The Bertz CT molecular complexity index is 810. The molecule has 1 atom stereocenters. The van der Waals surface area contributed by atoms with E-state index in [1.807, 2.05) is 12.1 Å². The lowest BCUT2D eigenvalue weighted by molar-refractivity contribution is -0.138. The molecule has 1 aromatic carbocycles. The Balaban J connectivity index is 2.73. The van der Waals surface area contributed by atoms with Crippen molar-refractivity contribution in [3.05, 3.63) is 57.9 Å². The van der Waals surface area contributed by atoms with E-state index in [2.05, 4.69) is 21.2 Å². The molecular formula is C18H15BrF3N3. The second-order valence-electron chi connectivity index (χ2n) is 5.59. The number of dihydropyridines is 1. The number of nitrogens with one attached hydrogen (secondary N) is 1.